The highest BCUT2D eigenvalue weighted by atomic mass is 35.5. The maximum absolute atomic E-state index is 6.16. The van der Waals surface area contributed by atoms with E-state index in [0.29, 0.717) is 15.1 Å². The van der Waals surface area contributed by atoms with Crippen LogP contribution in [0.5, 0.6) is 0 Å². The van der Waals surface area contributed by atoms with E-state index < -0.39 is 0 Å². The highest BCUT2D eigenvalue weighted by Gasteiger charge is 2.13. The number of nitrogens with one attached hydrogen (secondary N) is 1. The first kappa shape index (κ1) is 14.8. The summed E-state index contributed by atoms with van der Waals surface area (Å²) in [4.78, 5) is 0. The third-order valence-electron chi connectivity index (χ3n) is 2.47. The van der Waals surface area contributed by atoms with Crippen LogP contribution in [0.3, 0.4) is 0 Å². The molecule has 0 aliphatic carbocycles. The van der Waals surface area contributed by atoms with E-state index in [2.05, 4.69) is 25.2 Å². The van der Waals surface area contributed by atoms with E-state index in [1.807, 2.05) is 13.0 Å². The van der Waals surface area contributed by atoms with Crippen LogP contribution in [0, 0.1) is 0 Å². The number of rotatable bonds is 4. The molecule has 0 heterocycles. The molecule has 17 heavy (non-hydrogen) atoms. The number of hydrogen-bond acceptors (Lipinski definition) is 1. The van der Waals surface area contributed by atoms with E-state index in [1.165, 1.54) is 5.57 Å². The van der Waals surface area contributed by atoms with Crippen LogP contribution >= 0.6 is 34.8 Å². The Bertz CT molecular complexity index is 423. The Balaban J connectivity index is 2.79. The molecule has 1 aromatic rings. The van der Waals surface area contributed by atoms with E-state index in [-0.39, 0.29) is 6.04 Å². The zero-order valence-electron chi connectivity index (χ0n) is 10.2. The van der Waals surface area contributed by atoms with Crippen molar-refractivity contribution in [3.8, 4) is 0 Å². The molecule has 0 radical (unpaired) electrons. The molecule has 1 N–H and O–H groups in total. The molecule has 0 fully saturated rings. The monoisotopic (exact) mass is 291 g/mol. The second-order valence-corrected chi connectivity index (χ2v) is 5.34. The lowest BCUT2D eigenvalue weighted by molar-refractivity contribution is 0.616. The maximum Gasteiger partial charge on any atom is 0.0781 e. The molecular formula is C13H16Cl3N. The van der Waals surface area contributed by atoms with Gasteiger partial charge in [0.05, 0.1) is 15.1 Å². The Morgan fingerprint density at radius 3 is 2.47 bits per heavy atom. The van der Waals surface area contributed by atoms with Gasteiger partial charge in [0.2, 0.25) is 0 Å². The topological polar surface area (TPSA) is 12.0 Å². The van der Waals surface area contributed by atoms with E-state index in [9.17, 15) is 0 Å². The van der Waals surface area contributed by atoms with Crippen molar-refractivity contribution in [3.63, 3.8) is 0 Å². The largest absolute Gasteiger partial charge is 0.307 e. The van der Waals surface area contributed by atoms with Crippen LogP contribution in [0.1, 0.15) is 32.4 Å². The minimum atomic E-state index is 0.132. The molecule has 0 amide bonds. The van der Waals surface area contributed by atoms with Gasteiger partial charge in [-0.3, -0.25) is 0 Å². The van der Waals surface area contributed by atoms with Crippen molar-refractivity contribution in [3.05, 3.63) is 44.4 Å². The first-order valence-electron chi connectivity index (χ1n) is 5.43. The van der Waals surface area contributed by atoms with E-state index in [0.717, 1.165) is 12.1 Å². The quantitative estimate of drug-likeness (QED) is 0.589. The van der Waals surface area contributed by atoms with E-state index in [4.69, 9.17) is 34.8 Å². The third kappa shape index (κ3) is 4.18. The van der Waals surface area contributed by atoms with Gasteiger partial charge in [-0.15, -0.1) is 0 Å². The van der Waals surface area contributed by atoms with E-state index >= 15 is 0 Å². The first-order chi connectivity index (χ1) is 7.93. The summed E-state index contributed by atoms with van der Waals surface area (Å²) in [5, 5.41) is 4.78. The highest BCUT2D eigenvalue weighted by molar-refractivity contribution is 6.48. The van der Waals surface area contributed by atoms with Gasteiger partial charge in [0.25, 0.3) is 0 Å². The molecule has 0 bridgehead atoms. The number of hydrogen-bond donors (Lipinski definition) is 1. The summed E-state index contributed by atoms with van der Waals surface area (Å²) in [6, 6.07) is 3.80. The van der Waals surface area contributed by atoms with Gasteiger partial charge in [0.1, 0.15) is 0 Å². The van der Waals surface area contributed by atoms with Gasteiger partial charge >= 0.3 is 0 Å². The Kier molecular flexibility index (Phi) is 5.81. The minimum Gasteiger partial charge on any atom is -0.307 e. The molecule has 94 valence electrons. The zero-order valence-corrected chi connectivity index (χ0v) is 12.4. The lowest BCUT2D eigenvalue weighted by Gasteiger charge is -2.16. The summed E-state index contributed by atoms with van der Waals surface area (Å²) in [6.45, 7) is 6.99. The van der Waals surface area contributed by atoms with Gasteiger partial charge < -0.3 is 5.32 Å². The van der Waals surface area contributed by atoms with Crippen LogP contribution in [0.25, 0.3) is 0 Å². The Morgan fingerprint density at radius 1 is 1.24 bits per heavy atom. The molecule has 0 aliphatic heterocycles. The first-order valence-corrected chi connectivity index (χ1v) is 6.57. The molecule has 0 aliphatic rings. The second-order valence-electron chi connectivity index (χ2n) is 4.18. The van der Waals surface area contributed by atoms with Gasteiger partial charge in [-0.25, -0.2) is 0 Å². The molecule has 0 saturated carbocycles. The average Bonchev–Trinajstić information content (AvgIpc) is 2.25. The lowest BCUT2D eigenvalue weighted by atomic mass is 10.1. The predicted molar refractivity (Wildman–Crippen MR) is 77.3 cm³/mol. The third-order valence-corrected chi connectivity index (χ3v) is 3.77. The Morgan fingerprint density at radius 2 is 1.88 bits per heavy atom. The number of benzene rings is 1. The lowest BCUT2D eigenvalue weighted by Crippen LogP contribution is -2.19. The summed E-state index contributed by atoms with van der Waals surface area (Å²) in [5.41, 5.74) is 2.24. The van der Waals surface area contributed by atoms with Crippen LogP contribution in [0.15, 0.2) is 23.8 Å². The van der Waals surface area contributed by atoms with Crippen molar-refractivity contribution in [2.45, 2.75) is 26.8 Å². The maximum atomic E-state index is 6.16. The standard InChI is InChI=1S/C13H16Cl3N/c1-8(2)6-7-17-9(3)10-4-5-11(14)13(16)12(10)15/h4-6,9,17H,7H2,1-3H3. The predicted octanol–water partition coefficient (Wildman–Crippen LogP) is 5.26. The molecule has 0 spiro atoms. The molecule has 1 aromatic carbocycles. The smallest absolute Gasteiger partial charge is 0.0781 e. The molecule has 1 unspecified atom stereocenters. The molecule has 1 rings (SSSR count). The highest BCUT2D eigenvalue weighted by Crippen LogP contribution is 2.35. The van der Waals surface area contributed by atoms with Gasteiger partial charge in [-0.1, -0.05) is 52.5 Å². The summed E-state index contributed by atoms with van der Waals surface area (Å²) >= 11 is 18.1. The van der Waals surface area contributed by atoms with Crippen LogP contribution in [0.4, 0.5) is 0 Å². The van der Waals surface area contributed by atoms with Crippen molar-refractivity contribution in [2.75, 3.05) is 6.54 Å². The fourth-order valence-electron chi connectivity index (χ4n) is 1.43. The second kappa shape index (κ2) is 6.65. The molecular weight excluding hydrogens is 277 g/mol. The minimum absolute atomic E-state index is 0.132. The molecule has 0 aromatic heterocycles. The average molecular weight is 293 g/mol. The van der Waals surface area contributed by atoms with Crippen molar-refractivity contribution < 1.29 is 0 Å². The van der Waals surface area contributed by atoms with Crippen LogP contribution in [-0.4, -0.2) is 6.54 Å². The van der Waals surface area contributed by atoms with Crippen LogP contribution < -0.4 is 5.32 Å². The van der Waals surface area contributed by atoms with Crippen molar-refractivity contribution in [1.29, 1.82) is 0 Å². The van der Waals surface area contributed by atoms with E-state index in [1.54, 1.807) is 6.07 Å². The van der Waals surface area contributed by atoms with Crippen molar-refractivity contribution >= 4 is 34.8 Å². The van der Waals surface area contributed by atoms with Gasteiger partial charge in [-0.2, -0.15) is 0 Å². The van der Waals surface area contributed by atoms with Crippen LogP contribution in [-0.2, 0) is 0 Å². The fourth-order valence-corrected chi connectivity index (χ4v) is 2.13. The zero-order chi connectivity index (χ0) is 13.0. The van der Waals surface area contributed by atoms with Crippen molar-refractivity contribution in [1.82, 2.24) is 5.32 Å². The molecule has 1 nitrogen and oxygen atoms in total. The Hall–Kier alpha value is -0.210. The van der Waals surface area contributed by atoms with Gasteiger partial charge in [0, 0.05) is 12.6 Å². The molecule has 1 atom stereocenters. The van der Waals surface area contributed by atoms with Crippen LogP contribution in [0.2, 0.25) is 15.1 Å². The number of allylic oxidation sites excluding steroid dienone is 1. The molecule has 0 saturated heterocycles. The summed E-state index contributed by atoms with van der Waals surface area (Å²) < 4.78 is 0. The summed E-state index contributed by atoms with van der Waals surface area (Å²) in [7, 11) is 0. The summed E-state index contributed by atoms with van der Waals surface area (Å²) in [6.07, 6.45) is 2.13. The van der Waals surface area contributed by atoms with Crippen molar-refractivity contribution in [2.24, 2.45) is 0 Å². The Labute approximate surface area is 118 Å². The van der Waals surface area contributed by atoms with Gasteiger partial charge in [-0.05, 0) is 32.4 Å². The van der Waals surface area contributed by atoms with Gasteiger partial charge in [0.15, 0.2) is 0 Å². The number of halogens is 3. The molecule has 4 heteroatoms. The summed E-state index contributed by atoms with van der Waals surface area (Å²) in [5.74, 6) is 0. The fraction of sp³-hybridized carbons (Fsp3) is 0.385. The normalized spacial score (nSPS) is 12.4. The SMILES string of the molecule is CC(C)=CCNC(C)c1ccc(Cl)c(Cl)c1Cl.